The van der Waals surface area contributed by atoms with Gasteiger partial charge in [0.15, 0.2) is 0 Å². The number of amides is 1. The molecule has 2 saturated heterocycles. The van der Waals surface area contributed by atoms with Crippen LogP contribution in [0, 0.1) is 0 Å². The van der Waals surface area contributed by atoms with Crippen LogP contribution in [0.3, 0.4) is 0 Å². The molecule has 10 nitrogen and oxygen atoms in total. The summed E-state index contributed by atoms with van der Waals surface area (Å²) >= 11 is 13.2. The monoisotopic (exact) mass is 600 g/mol. The number of nitrogens with zero attached hydrogens (tertiary/aromatic N) is 4. The van der Waals surface area contributed by atoms with Crippen molar-refractivity contribution in [2.45, 2.75) is 31.2 Å². The van der Waals surface area contributed by atoms with Crippen molar-refractivity contribution in [1.82, 2.24) is 25.1 Å². The molecule has 2 aromatic carbocycles. The average Bonchev–Trinajstić information content (AvgIpc) is 3.63. The number of rotatable bonds is 10. The molecule has 12 heteroatoms. The first kappa shape index (κ1) is 29.3. The van der Waals surface area contributed by atoms with Gasteiger partial charge in [-0.05, 0) is 49.7 Å². The van der Waals surface area contributed by atoms with E-state index in [1.54, 1.807) is 12.3 Å². The molecule has 0 saturated carbocycles. The Morgan fingerprint density at radius 2 is 1.83 bits per heavy atom. The van der Waals surface area contributed by atoms with Gasteiger partial charge in [-0.3, -0.25) is 15.0 Å². The topological polar surface area (TPSA) is 112 Å². The van der Waals surface area contributed by atoms with Crippen LogP contribution < -0.4 is 20.1 Å². The smallest absolute Gasteiger partial charge is 0.236 e. The first-order valence-corrected chi connectivity index (χ1v) is 14.3. The number of carbonyl (C=O) groups is 1. The fourth-order valence-corrected chi connectivity index (χ4v) is 6.12. The summed E-state index contributed by atoms with van der Waals surface area (Å²) in [7, 11) is 3.07. The van der Waals surface area contributed by atoms with Gasteiger partial charge in [0, 0.05) is 42.3 Å². The van der Waals surface area contributed by atoms with E-state index in [9.17, 15) is 9.90 Å². The molecule has 41 heavy (non-hydrogen) atoms. The summed E-state index contributed by atoms with van der Waals surface area (Å²) in [4.78, 5) is 26.3. The van der Waals surface area contributed by atoms with Gasteiger partial charge in [-0.25, -0.2) is 9.97 Å². The van der Waals surface area contributed by atoms with Crippen LogP contribution in [0.2, 0.25) is 10.0 Å². The van der Waals surface area contributed by atoms with E-state index in [4.69, 9.17) is 37.7 Å². The number of carbonyl (C=O) groups excluding carboxylic acids is 1. The standard InChI is InChI=1S/C29H34Cl2N6O4/c1-4-24(38)33-20-14-37(25(39)16-36-9-5-6-10-36)15-21(20)35-29-32-13-18-11-17(7-8-19(18)34-29)26-27(30)22(40-2)12-23(41-3)28(26)31/h4,7-8,11-13,20-21,24,33,38H,1,5-6,9-10,14-16H2,2-3H3,(H,32,34,35). The second kappa shape index (κ2) is 12.8. The van der Waals surface area contributed by atoms with Crippen LogP contribution in [0.1, 0.15) is 12.8 Å². The van der Waals surface area contributed by atoms with Crippen molar-refractivity contribution in [1.29, 1.82) is 0 Å². The zero-order valence-corrected chi connectivity index (χ0v) is 24.6. The Morgan fingerprint density at radius 1 is 1.15 bits per heavy atom. The number of aliphatic hydroxyl groups is 1. The zero-order chi connectivity index (χ0) is 29.1. The summed E-state index contributed by atoms with van der Waals surface area (Å²) in [6, 6.07) is 6.86. The van der Waals surface area contributed by atoms with Crippen molar-refractivity contribution in [3.05, 3.63) is 53.2 Å². The number of fused-ring (bicyclic) bond motifs is 1. The number of halogens is 2. The number of hydrogen-bond acceptors (Lipinski definition) is 9. The molecule has 3 aromatic rings. The van der Waals surface area contributed by atoms with Gasteiger partial charge in [-0.1, -0.05) is 35.8 Å². The maximum absolute atomic E-state index is 13.0. The third kappa shape index (κ3) is 6.37. The molecule has 1 aromatic heterocycles. The largest absolute Gasteiger partial charge is 0.495 e. The summed E-state index contributed by atoms with van der Waals surface area (Å²) < 4.78 is 10.8. The number of likely N-dealkylation sites (tertiary alicyclic amines) is 2. The van der Waals surface area contributed by atoms with Crippen LogP contribution in [0.15, 0.2) is 43.1 Å². The molecule has 1 amide bonds. The Hall–Kier alpha value is -3.15. The van der Waals surface area contributed by atoms with Crippen molar-refractivity contribution in [2.75, 3.05) is 52.3 Å². The summed E-state index contributed by atoms with van der Waals surface area (Å²) in [6.07, 6.45) is 4.50. The van der Waals surface area contributed by atoms with Gasteiger partial charge >= 0.3 is 0 Å². The van der Waals surface area contributed by atoms with Crippen molar-refractivity contribution in [3.63, 3.8) is 0 Å². The van der Waals surface area contributed by atoms with Gasteiger partial charge in [0.05, 0.1) is 42.4 Å². The van der Waals surface area contributed by atoms with Crippen molar-refractivity contribution in [2.24, 2.45) is 0 Å². The number of aliphatic hydroxyl groups excluding tert-OH is 1. The molecule has 2 aliphatic heterocycles. The second-order valence-corrected chi connectivity index (χ2v) is 11.0. The van der Waals surface area contributed by atoms with E-state index in [0.717, 1.165) is 36.9 Å². The molecule has 3 N–H and O–H groups in total. The van der Waals surface area contributed by atoms with Gasteiger partial charge in [0.2, 0.25) is 11.9 Å². The first-order chi connectivity index (χ1) is 19.8. The molecular formula is C29H34Cl2N6O4. The van der Waals surface area contributed by atoms with Gasteiger partial charge in [-0.2, -0.15) is 0 Å². The highest BCUT2D eigenvalue weighted by Crippen LogP contribution is 2.46. The molecule has 3 heterocycles. The van der Waals surface area contributed by atoms with Crippen molar-refractivity contribution >= 4 is 46.0 Å². The quantitative estimate of drug-likeness (QED) is 0.236. The molecule has 0 spiro atoms. The zero-order valence-electron chi connectivity index (χ0n) is 23.1. The molecule has 218 valence electrons. The Kier molecular flexibility index (Phi) is 9.16. The van der Waals surface area contributed by atoms with E-state index in [1.165, 1.54) is 20.3 Å². The molecular weight excluding hydrogens is 567 g/mol. The van der Waals surface area contributed by atoms with Crippen LogP contribution in [0.25, 0.3) is 22.0 Å². The second-order valence-electron chi connectivity index (χ2n) is 10.2. The molecule has 5 rings (SSSR count). The minimum absolute atomic E-state index is 0.0783. The lowest BCUT2D eigenvalue weighted by Gasteiger charge is -2.22. The maximum Gasteiger partial charge on any atom is 0.236 e. The number of ether oxygens (including phenoxy) is 2. The number of aromatic nitrogens is 2. The van der Waals surface area contributed by atoms with Gasteiger partial charge in [-0.15, -0.1) is 0 Å². The van der Waals surface area contributed by atoms with Crippen molar-refractivity contribution in [3.8, 4) is 22.6 Å². The Bertz CT molecular complexity index is 1410. The number of nitrogens with one attached hydrogen (secondary N) is 2. The molecule has 0 aliphatic carbocycles. The van der Waals surface area contributed by atoms with E-state index in [2.05, 4.69) is 27.1 Å². The number of benzene rings is 2. The van der Waals surface area contributed by atoms with Crippen molar-refractivity contribution < 1.29 is 19.4 Å². The summed E-state index contributed by atoms with van der Waals surface area (Å²) in [5.41, 5.74) is 2.07. The minimum Gasteiger partial charge on any atom is -0.495 e. The summed E-state index contributed by atoms with van der Waals surface area (Å²) in [5.74, 6) is 1.40. The van der Waals surface area contributed by atoms with Crippen LogP contribution in [-0.2, 0) is 4.79 Å². The first-order valence-electron chi connectivity index (χ1n) is 13.5. The average molecular weight is 602 g/mol. The lowest BCUT2D eigenvalue weighted by atomic mass is 10.0. The molecule has 0 radical (unpaired) electrons. The predicted molar refractivity (Wildman–Crippen MR) is 161 cm³/mol. The maximum atomic E-state index is 13.0. The van der Waals surface area contributed by atoms with E-state index < -0.39 is 6.23 Å². The highest BCUT2D eigenvalue weighted by atomic mass is 35.5. The van der Waals surface area contributed by atoms with E-state index in [1.807, 2.05) is 23.1 Å². The number of anilines is 1. The third-order valence-corrected chi connectivity index (χ3v) is 8.35. The number of methoxy groups -OCH3 is 2. The highest BCUT2D eigenvalue weighted by Gasteiger charge is 2.37. The van der Waals surface area contributed by atoms with Gasteiger partial charge in [0.25, 0.3) is 0 Å². The van der Waals surface area contributed by atoms with Gasteiger partial charge < -0.3 is 24.8 Å². The molecule has 2 aliphatic rings. The fourth-order valence-electron chi connectivity index (χ4n) is 5.41. The third-order valence-electron chi connectivity index (χ3n) is 7.59. The highest BCUT2D eigenvalue weighted by molar-refractivity contribution is 6.41. The minimum atomic E-state index is -0.900. The summed E-state index contributed by atoms with van der Waals surface area (Å²) in [6.45, 7) is 6.88. The van der Waals surface area contributed by atoms with Crippen LogP contribution >= 0.6 is 23.2 Å². The normalized spacial score (nSPS) is 19.9. The lowest BCUT2D eigenvalue weighted by Crippen LogP contribution is -2.47. The Balaban J connectivity index is 1.37. The predicted octanol–water partition coefficient (Wildman–Crippen LogP) is 3.80. The molecule has 3 unspecified atom stereocenters. The SMILES string of the molecule is C=CC(O)NC1CN(C(=O)CN2CCCC2)CC1Nc1ncc2cc(-c3c(Cl)c(OC)cc(OC)c3Cl)ccc2n1. The Labute approximate surface area is 249 Å². The Morgan fingerprint density at radius 3 is 2.49 bits per heavy atom. The van der Waals surface area contributed by atoms with Crippen LogP contribution in [0.4, 0.5) is 5.95 Å². The van der Waals surface area contributed by atoms with E-state index in [0.29, 0.717) is 58.2 Å². The van der Waals surface area contributed by atoms with Crippen LogP contribution in [-0.4, -0.2) is 96.0 Å². The van der Waals surface area contributed by atoms with Crippen LogP contribution in [0.5, 0.6) is 11.5 Å². The molecule has 0 bridgehead atoms. The fraction of sp³-hybridized carbons (Fsp3) is 0.414. The summed E-state index contributed by atoms with van der Waals surface area (Å²) in [5, 5.41) is 18.2. The van der Waals surface area contributed by atoms with Gasteiger partial charge in [0.1, 0.15) is 17.7 Å². The lowest BCUT2D eigenvalue weighted by molar-refractivity contribution is -0.131. The number of hydrogen-bond donors (Lipinski definition) is 3. The molecule has 3 atom stereocenters. The van der Waals surface area contributed by atoms with E-state index in [-0.39, 0.29) is 18.0 Å². The van der Waals surface area contributed by atoms with E-state index >= 15 is 0 Å². The molecule has 2 fully saturated rings.